The summed E-state index contributed by atoms with van der Waals surface area (Å²) in [6.07, 6.45) is 7.00. The summed E-state index contributed by atoms with van der Waals surface area (Å²) < 4.78 is 5.63. The molecule has 7 heteroatoms. The van der Waals surface area contributed by atoms with Gasteiger partial charge in [0, 0.05) is 29.1 Å². The van der Waals surface area contributed by atoms with Crippen molar-refractivity contribution < 1.29 is 4.74 Å². The van der Waals surface area contributed by atoms with E-state index in [1.54, 1.807) is 0 Å². The maximum Gasteiger partial charge on any atom is 0.253 e. The average Bonchev–Trinajstić information content (AvgIpc) is 2.76. The molecule has 1 aliphatic rings. The summed E-state index contributed by atoms with van der Waals surface area (Å²) in [4.78, 5) is 20.3. The van der Waals surface area contributed by atoms with Gasteiger partial charge in [-0.15, -0.1) is 0 Å². The molecule has 3 rings (SSSR count). The third-order valence-electron chi connectivity index (χ3n) is 5.88. The van der Waals surface area contributed by atoms with Gasteiger partial charge in [-0.2, -0.15) is 0 Å². The fourth-order valence-corrected chi connectivity index (χ4v) is 4.55. The lowest BCUT2D eigenvalue weighted by atomic mass is 9.94. The molecule has 0 radical (unpaired) electrons. The normalized spacial score (nSPS) is 14.7. The Balaban J connectivity index is 1.80. The lowest BCUT2D eigenvalue weighted by Crippen LogP contribution is -2.47. The molecule has 1 aromatic heterocycles. The van der Waals surface area contributed by atoms with Crippen molar-refractivity contribution in [3.63, 3.8) is 0 Å². The van der Waals surface area contributed by atoms with Crippen LogP contribution in [0.5, 0.6) is 5.75 Å². The van der Waals surface area contributed by atoms with Crippen LogP contribution in [0.3, 0.4) is 0 Å². The SMILES string of the molecule is CCOc1ccc2[nH]c(=O)c(CN(C(=S)NCCCN(C)C)C3CCCCC3)cc2c1. The van der Waals surface area contributed by atoms with Crippen molar-refractivity contribution in [2.75, 3.05) is 33.8 Å². The van der Waals surface area contributed by atoms with Crippen LogP contribution >= 0.6 is 12.2 Å². The monoisotopic (exact) mass is 444 g/mol. The zero-order chi connectivity index (χ0) is 22.2. The number of H-pyrrole nitrogens is 1. The van der Waals surface area contributed by atoms with Crippen molar-refractivity contribution in [1.82, 2.24) is 20.1 Å². The van der Waals surface area contributed by atoms with Crippen LogP contribution in [0.15, 0.2) is 29.1 Å². The molecule has 0 spiro atoms. The molecule has 1 heterocycles. The molecule has 6 nitrogen and oxygen atoms in total. The highest BCUT2D eigenvalue weighted by Gasteiger charge is 2.24. The highest BCUT2D eigenvalue weighted by atomic mass is 32.1. The number of aromatic amines is 1. The number of thiocarbonyl (C=S) groups is 1. The van der Waals surface area contributed by atoms with Gasteiger partial charge in [0.15, 0.2) is 5.11 Å². The summed E-state index contributed by atoms with van der Waals surface area (Å²) in [7, 11) is 4.16. The van der Waals surface area contributed by atoms with Crippen LogP contribution in [0, 0.1) is 0 Å². The molecule has 0 saturated heterocycles. The minimum atomic E-state index is -0.0483. The smallest absolute Gasteiger partial charge is 0.253 e. The summed E-state index contributed by atoms with van der Waals surface area (Å²) in [6, 6.07) is 8.15. The second-order valence-electron chi connectivity index (χ2n) is 8.61. The number of hydrogen-bond acceptors (Lipinski definition) is 4. The lowest BCUT2D eigenvalue weighted by molar-refractivity contribution is 0.234. The summed E-state index contributed by atoms with van der Waals surface area (Å²) in [5, 5.41) is 5.17. The average molecular weight is 445 g/mol. The third kappa shape index (κ3) is 6.68. The Morgan fingerprint density at radius 2 is 2.00 bits per heavy atom. The van der Waals surface area contributed by atoms with E-state index in [1.165, 1.54) is 19.3 Å². The Morgan fingerprint density at radius 3 is 2.71 bits per heavy atom. The van der Waals surface area contributed by atoms with Gasteiger partial charge in [-0.3, -0.25) is 4.79 Å². The molecular weight excluding hydrogens is 408 g/mol. The predicted octanol–water partition coefficient (Wildman–Crippen LogP) is 3.89. The summed E-state index contributed by atoms with van der Waals surface area (Å²) in [5.74, 6) is 0.815. The molecule has 0 atom stereocenters. The maximum absolute atomic E-state index is 12.8. The summed E-state index contributed by atoms with van der Waals surface area (Å²) in [5.41, 5.74) is 1.52. The third-order valence-corrected chi connectivity index (χ3v) is 6.26. The molecule has 1 saturated carbocycles. The highest BCUT2D eigenvalue weighted by molar-refractivity contribution is 7.80. The van der Waals surface area contributed by atoms with Crippen molar-refractivity contribution >= 4 is 28.2 Å². The van der Waals surface area contributed by atoms with Crippen LogP contribution in [-0.4, -0.2) is 59.7 Å². The molecule has 0 amide bonds. The molecule has 0 bridgehead atoms. The van der Waals surface area contributed by atoms with E-state index in [0.29, 0.717) is 19.2 Å². The fraction of sp³-hybridized carbons (Fsp3) is 0.583. The minimum Gasteiger partial charge on any atom is -0.494 e. The van der Waals surface area contributed by atoms with Gasteiger partial charge in [-0.25, -0.2) is 0 Å². The first-order valence-corrected chi connectivity index (χ1v) is 11.9. The number of hydrogen-bond donors (Lipinski definition) is 2. The number of nitrogens with one attached hydrogen (secondary N) is 2. The number of aromatic nitrogens is 1. The molecule has 2 N–H and O–H groups in total. The Labute approximate surface area is 191 Å². The second kappa shape index (κ2) is 11.5. The Kier molecular flexibility index (Phi) is 8.72. The van der Waals surface area contributed by atoms with Gasteiger partial charge in [-0.05, 0) is 83.3 Å². The van der Waals surface area contributed by atoms with Crippen LogP contribution in [0.1, 0.15) is 51.0 Å². The molecule has 0 unspecified atom stereocenters. The van der Waals surface area contributed by atoms with Gasteiger partial charge in [0.25, 0.3) is 5.56 Å². The predicted molar refractivity (Wildman–Crippen MR) is 132 cm³/mol. The number of benzene rings is 1. The zero-order valence-electron chi connectivity index (χ0n) is 19.1. The number of ether oxygens (including phenoxy) is 1. The minimum absolute atomic E-state index is 0.0483. The first-order chi connectivity index (χ1) is 15.0. The molecule has 0 aliphatic heterocycles. The van der Waals surface area contributed by atoms with Crippen LogP contribution in [0.25, 0.3) is 10.9 Å². The van der Waals surface area contributed by atoms with Crippen molar-refractivity contribution in [1.29, 1.82) is 0 Å². The molecule has 1 aromatic carbocycles. The molecule has 1 aliphatic carbocycles. The lowest BCUT2D eigenvalue weighted by Gasteiger charge is -2.36. The summed E-state index contributed by atoms with van der Waals surface area (Å²) >= 11 is 5.80. The first kappa shape index (κ1) is 23.5. The van der Waals surface area contributed by atoms with E-state index >= 15 is 0 Å². The second-order valence-corrected chi connectivity index (χ2v) is 9.00. The van der Waals surface area contributed by atoms with Gasteiger partial charge < -0.3 is 24.8 Å². The molecular formula is C24H36N4O2S. The highest BCUT2D eigenvalue weighted by Crippen LogP contribution is 2.25. The Bertz CT molecular complexity index is 921. The number of pyridine rings is 1. The maximum atomic E-state index is 12.8. The Hall–Kier alpha value is -2.12. The fourth-order valence-electron chi connectivity index (χ4n) is 4.24. The molecule has 1 fully saturated rings. The van der Waals surface area contributed by atoms with E-state index in [1.807, 2.05) is 31.2 Å². The largest absolute Gasteiger partial charge is 0.494 e. The van der Waals surface area contributed by atoms with Crippen molar-refractivity contribution in [2.45, 2.75) is 58.0 Å². The van der Waals surface area contributed by atoms with E-state index in [0.717, 1.165) is 59.7 Å². The first-order valence-electron chi connectivity index (χ1n) is 11.5. The van der Waals surface area contributed by atoms with Crippen molar-refractivity contribution in [3.05, 3.63) is 40.2 Å². The number of fused-ring (bicyclic) bond motifs is 1. The van der Waals surface area contributed by atoms with Gasteiger partial charge >= 0.3 is 0 Å². The zero-order valence-corrected chi connectivity index (χ0v) is 19.9. The van der Waals surface area contributed by atoms with E-state index < -0.39 is 0 Å². The van der Waals surface area contributed by atoms with Gasteiger partial charge in [0.2, 0.25) is 0 Å². The van der Waals surface area contributed by atoms with Crippen LogP contribution in [-0.2, 0) is 6.54 Å². The van der Waals surface area contributed by atoms with E-state index in [-0.39, 0.29) is 5.56 Å². The molecule has 170 valence electrons. The number of nitrogens with zero attached hydrogens (tertiary/aromatic N) is 2. The quantitative estimate of drug-likeness (QED) is 0.452. The van der Waals surface area contributed by atoms with Crippen LogP contribution < -0.4 is 15.6 Å². The van der Waals surface area contributed by atoms with Crippen LogP contribution in [0.2, 0.25) is 0 Å². The number of rotatable bonds is 9. The van der Waals surface area contributed by atoms with Crippen LogP contribution in [0.4, 0.5) is 0 Å². The Morgan fingerprint density at radius 1 is 1.23 bits per heavy atom. The summed E-state index contributed by atoms with van der Waals surface area (Å²) in [6.45, 7) is 4.97. The van der Waals surface area contributed by atoms with E-state index in [4.69, 9.17) is 17.0 Å². The van der Waals surface area contributed by atoms with Gasteiger partial charge in [0.05, 0.1) is 13.2 Å². The van der Waals surface area contributed by atoms with Crippen molar-refractivity contribution in [2.24, 2.45) is 0 Å². The standard InChI is InChI=1S/C24H36N4O2S/c1-4-30-21-11-12-22-18(16-21)15-19(23(29)26-22)17-28(20-9-6-5-7-10-20)24(31)25-13-8-14-27(2)3/h11-12,15-16,20H,4-10,13-14,17H2,1-3H3,(H,25,31)(H,26,29). The van der Waals surface area contributed by atoms with E-state index in [2.05, 4.69) is 34.2 Å². The topological polar surface area (TPSA) is 60.6 Å². The molecule has 2 aromatic rings. The van der Waals surface area contributed by atoms with Gasteiger partial charge in [0.1, 0.15) is 5.75 Å². The van der Waals surface area contributed by atoms with Crippen molar-refractivity contribution in [3.8, 4) is 5.75 Å². The van der Waals surface area contributed by atoms with E-state index in [9.17, 15) is 4.79 Å². The van der Waals surface area contributed by atoms with Gasteiger partial charge in [-0.1, -0.05) is 19.3 Å². The molecule has 31 heavy (non-hydrogen) atoms.